The van der Waals surface area contributed by atoms with Crippen LogP contribution in [0.5, 0.6) is 0 Å². The summed E-state index contributed by atoms with van der Waals surface area (Å²) in [5, 5.41) is 13.3. The Morgan fingerprint density at radius 2 is 1.92 bits per heavy atom. The Hall–Kier alpha value is -1.26. The van der Waals surface area contributed by atoms with Gasteiger partial charge in [-0.2, -0.15) is 0 Å². The third-order valence-electron chi connectivity index (χ3n) is 1.30. The molecule has 0 aliphatic carbocycles. The summed E-state index contributed by atoms with van der Waals surface area (Å²) in [6.07, 6.45) is -0.0465. The second kappa shape index (κ2) is 6.28. The number of nitrogens with one attached hydrogen (secondary N) is 2. The number of hydrogen-bond donors (Lipinski definition) is 3. The maximum Gasteiger partial charge on any atom is 0.314 e. The van der Waals surface area contributed by atoms with Crippen molar-refractivity contribution in [3.8, 4) is 0 Å². The van der Waals surface area contributed by atoms with Crippen LogP contribution >= 0.6 is 0 Å². The van der Waals surface area contributed by atoms with E-state index in [1.165, 1.54) is 0 Å². The molecule has 0 bridgehead atoms. The topological polar surface area (TPSA) is 78.4 Å². The molecule has 0 rings (SSSR count). The SMILES string of the molecule is CC(C)CNC(=O)NCCC(=O)O. The molecule has 0 aliphatic rings. The number of aliphatic carboxylic acids is 1. The van der Waals surface area contributed by atoms with Crippen molar-refractivity contribution in [3.63, 3.8) is 0 Å². The van der Waals surface area contributed by atoms with Crippen molar-refractivity contribution in [2.75, 3.05) is 13.1 Å². The minimum atomic E-state index is -0.913. The number of rotatable bonds is 5. The van der Waals surface area contributed by atoms with E-state index in [1.807, 2.05) is 13.8 Å². The Kier molecular flexibility index (Phi) is 5.67. The zero-order valence-corrected chi connectivity index (χ0v) is 7.96. The van der Waals surface area contributed by atoms with Crippen LogP contribution in [0, 0.1) is 5.92 Å². The van der Waals surface area contributed by atoms with E-state index in [1.54, 1.807) is 0 Å². The van der Waals surface area contributed by atoms with E-state index in [-0.39, 0.29) is 19.0 Å². The summed E-state index contributed by atoms with van der Waals surface area (Å²) < 4.78 is 0. The fourth-order valence-electron chi connectivity index (χ4n) is 0.642. The van der Waals surface area contributed by atoms with E-state index in [2.05, 4.69) is 10.6 Å². The molecule has 0 fully saturated rings. The summed E-state index contributed by atoms with van der Waals surface area (Å²) in [6, 6.07) is -0.310. The van der Waals surface area contributed by atoms with Gasteiger partial charge in [-0.05, 0) is 5.92 Å². The minimum absolute atomic E-state index is 0.0465. The normalized spacial score (nSPS) is 9.77. The number of carbonyl (C=O) groups excluding carboxylic acids is 1. The van der Waals surface area contributed by atoms with Gasteiger partial charge in [0, 0.05) is 13.1 Å². The molecule has 76 valence electrons. The van der Waals surface area contributed by atoms with E-state index < -0.39 is 5.97 Å². The molecule has 0 saturated carbocycles. The van der Waals surface area contributed by atoms with Gasteiger partial charge in [-0.3, -0.25) is 4.79 Å². The maximum atomic E-state index is 10.9. The Bertz CT molecular complexity index is 180. The Labute approximate surface area is 77.5 Å². The van der Waals surface area contributed by atoms with Crippen molar-refractivity contribution in [2.45, 2.75) is 20.3 Å². The van der Waals surface area contributed by atoms with Gasteiger partial charge in [0.2, 0.25) is 0 Å². The molecular formula is C8H16N2O3. The lowest BCUT2D eigenvalue weighted by atomic mass is 10.2. The second-order valence-electron chi connectivity index (χ2n) is 3.17. The first-order chi connectivity index (χ1) is 6.02. The van der Waals surface area contributed by atoms with Crippen molar-refractivity contribution >= 4 is 12.0 Å². The molecular weight excluding hydrogens is 172 g/mol. The average Bonchev–Trinajstić information content (AvgIpc) is 2.00. The van der Waals surface area contributed by atoms with Crippen molar-refractivity contribution in [2.24, 2.45) is 5.92 Å². The quantitative estimate of drug-likeness (QED) is 0.585. The molecule has 0 atom stereocenters. The van der Waals surface area contributed by atoms with Crippen LogP contribution in [0.15, 0.2) is 0 Å². The van der Waals surface area contributed by atoms with Crippen LogP contribution in [0.2, 0.25) is 0 Å². The highest BCUT2D eigenvalue weighted by molar-refractivity contribution is 5.74. The van der Waals surface area contributed by atoms with Crippen LogP contribution in [-0.4, -0.2) is 30.2 Å². The minimum Gasteiger partial charge on any atom is -0.481 e. The first-order valence-electron chi connectivity index (χ1n) is 4.26. The van der Waals surface area contributed by atoms with Crippen LogP contribution in [0.4, 0.5) is 4.79 Å². The van der Waals surface area contributed by atoms with Gasteiger partial charge in [0.1, 0.15) is 0 Å². The van der Waals surface area contributed by atoms with Crippen molar-refractivity contribution < 1.29 is 14.7 Å². The largest absolute Gasteiger partial charge is 0.481 e. The number of carbonyl (C=O) groups is 2. The van der Waals surface area contributed by atoms with E-state index >= 15 is 0 Å². The summed E-state index contributed by atoms with van der Waals surface area (Å²) in [7, 11) is 0. The van der Waals surface area contributed by atoms with Crippen LogP contribution in [0.3, 0.4) is 0 Å². The van der Waals surface area contributed by atoms with E-state index in [4.69, 9.17) is 5.11 Å². The Morgan fingerprint density at radius 3 is 2.38 bits per heavy atom. The maximum absolute atomic E-state index is 10.9. The predicted molar refractivity (Wildman–Crippen MR) is 48.5 cm³/mol. The fourth-order valence-corrected chi connectivity index (χ4v) is 0.642. The summed E-state index contributed by atoms with van der Waals surface area (Å²) >= 11 is 0. The third kappa shape index (κ3) is 8.65. The van der Waals surface area contributed by atoms with Crippen LogP contribution < -0.4 is 10.6 Å². The molecule has 3 N–H and O–H groups in total. The fraction of sp³-hybridized carbons (Fsp3) is 0.750. The molecule has 0 radical (unpaired) electrons. The smallest absolute Gasteiger partial charge is 0.314 e. The molecule has 0 aliphatic heterocycles. The lowest BCUT2D eigenvalue weighted by molar-refractivity contribution is -0.136. The Morgan fingerprint density at radius 1 is 1.31 bits per heavy atom. The standard InChI is InChI=1S/C8H16N2O3/c1-6(2)5-10-8(13)9-4-3-7(11)12/h6H,3-5H2,1-2H3,(H,11,12)(H2,9,10,13). The second-order valence-corrected chi connectivity index (χ2v) is 3.17. The molecule has 0 heterocycles. The lowest BCUT2D eigenvalue weighted by Crippen LogP contribution is -2.38. The summed E-state index contributed by atoms with van der Waals surface area (Å²) in [4.78, 5) is 21.0. The number of urea groups is 1. The third-order valence-corrected chi connectivity index (χ3v) is 1.30. The summed E-state index contributed by atoms with van der Waals surface area (Å²) in [5.74, 6) is -0.519. The molecule has 13 heavy (non-hydrogen) atoms. The van der Waals surface area contributed by atoms with Gasteiger partial charge in [-0.15, -0.1) is 0 Å². The highest BCUT2D eigenvalue weighted by atomic mass is 16.4. The van der Waals surface area contributed by atoms with Crippen LogP contribution in [0.25, 0.3) is 0 Å². The predicted octanol–water partition coefficient (Wildman–Crippen LogP) is 0.416. The van der Waals surface area contributed by atoms with Gasteiger partial charge in [-0.25, -0.2) is 4.79 Å². The first-order valence-corrected chi connectivity index (χ1v) is 4.26. The van der Waals surface area contributed by atoms with Gasteiger partial charge < -0.3 is 15.7 Å². The Balaban J connectivity index is 3.35. The van der Waals surface area contributed by atoms with Gasteiger partial charge in [0.25, 0.3) is 0 Å². The van der Waals surface area contributed by atoms with Gasteiger partial charge in [0.15, 0.2) is 0 Å². The van der Waals surface area contributed by atoms with E-state index in [0.717, 1.165) is 0 Å². The highest BCUT2D eigenvalue weighted by Crippen LogP contribution is 1.86. The van der Waals surface area contributed by atoms with Gasteiger partial charge in [-0.1, -0.05) is 13.8 Å². The monoisotopic (exact) mass is 188 g/mol. The zero-order chi connectivity index (χ0) is 10.3. The summed E-state index contributed by atoms with van der Waals surface area (Å²) in [6.45, 7) is 4.73. The number of amides is 2. The molecule has 5 nitrogen and oxygen atoms in total. The molecule has 0 aromatic carbocycles. The molecule has 0 spiro atoms. The van der Waals surface area contributed by atoms with E-state index in [0.29, 0.717) is 12.5 Å². The molecule has 0 saturated heterocycles. The molecule has 2 amide bonds. The lowest BCUT2D eigenvalue weighted by Gasteiger charge is -2.08. The van der Waals surface area contributed by atoms with Gasteiger partial charge >= 0.3 is 12.0 Å². The highest BCUT2D eigenvalue weighted by Gasteiger charge is 2.01. The van der Waals surface area contributed by atoms with Gasteiger partial charge in [0.05, 0.1) is 6.42 Å². The van der Waals surface area contributed by atoms with Crippen LogP contribution in [0.1, 0.15) is 20.3 Å². The number of carboxylic acid groups (broad SMARTS) is 1. The van der Waals surface area contributed by atoms with Crippen molar-refractivity contribution in [3.05, 3.63) is 0 Å². The van der Waals surface area contributed by atoms with Crippen molar-refractivity contribution in [1.29, 1.82) is 0 Å². The van der Waals surface area contributed by atoms with E-state index in [9.17, 15) is 9.59 Å². The van der Waals surface area contributed by atoms with Crippen LogP contribution in [-0.2, 0) is 4.79 Å². The van der Waals surface area contributed by atoms with Crippen molar-refractivity contribution in [1.82, 2.24) is 10.6 Å². The molecule has 0 unspecified atom stereocenters. The summed E-state index contributed by atoms with van der Waals surface area (Å²) in [5.41, 5.74) is 0. The molecule has 5 heteroatoms. The number of carboxylic acids is 1. The zero-order valence-electron chi connectivity index (χ0n) is 7.96. The molecule has 0 aromatic heterocycles. The average molecular weight is 188 g/mol. The number of hydrogen-bond acceptors (Lipinski definition) is 2. The first kappa shape index (κ1) is 11.7. The molecule has 0 aromatic rings.